The first-order chi connectivity index (χ1) is 4.83. The molecule has 11 heavy (non-hydrogen) atoms. The molecule has 0 aromatic heterocycles. The number of thiocarbonyl (C=S) groups is 1. The van der Waals surface area contributed by atoms with Crippen LogP contribution in [0.2, 0.25) is 0 Å². The van der Waals surface area contributed by atoms with E-state index in [1.807, 2.05) is 27.7 Å². The predicted octanol–water partition coefficient (Wildman–Crippen LogP) is 2.32. The fourth-order valence-electron chi connectivity index (χ4n) is 0.446. The summed E-state index contributed by atoms with van der Waals surface area (Å²) in [6.45, 7) is 8.24. The van der Waals surface area contributed by atoms with Crippen LogP contribution in [-0.4, -0.2) is 22.4 Å². The summed E-state index contributed by atoms with van der Waals surface area (Å²) < 4.78 is 5.40. The molecular formula is C8H16O2S. The fraction of sp³-hybridized carbons (Fsp3) is 0.875. The van der Waals surface area contributed by atoms with E-state index in [4.69, 9.17) is 9.84 Å². The average molecular weight is 176 g/mol. The molecule has 1 atom stereocenters. The SMILES string of the molecule is CC(COC(C)(C)C)C(O)=S. The van der Waals surface area contributed by atoms with E-state index in [1.165, 1.54) is 0 Å². The summed E-state index contributed by atoms with van der Waals surface area (Å²) in [5, 5.41) is 8.89. The Labute approximate surface area is 73.6 Å². The highest BCUT2D eigenvalue weighted by Crippen LogP contribution is 2.09. The van der Waals surface area contributed by atoms with E-state index >= 15 is 0 Å². The molecule has 66 valence electrons. The number of ether oxygens (including phenoxy) is 1. The van der Waals surface area contributed by atoms with Gasteiger partial charge in [0.2, 0.25) is 0 Å². The second-order valence-electron chi connectivity index (χ2n) is 3.66. The van der Waals surface area contributed by atoms with E-state index < -0.39 is 0 Å². The summed E-state index contributed by atoms with van der Waals surface area (Å²) in [5.74, 6) is -0.0516. The van der Waals surface area contributed by atoms with E-state index in [9.17, 15) is 0 Å². The predicted molar refractivity (Wildman–Crippen MR) is 50.1 cm³/mol. The number of aliphatic hydroxyl groups excluding tert-OH is 1. The summed E-state index contributed by atoms with van der Waals surface area (Å²) in [6.07, 6.45) is 0. The Morgan fingerprint density at radius 3 is 2.27 bits per heavy atom. The van der Waals surface area contributed by atoms with E-state index in [1.54, 1.807) is 0 Å². The van der Waals surface area contributed by atoms with Crippen LogP contribution < -0.4 is 0 Å². The fourth-order valence-corrected chi connectivity index (χ4v) is 0.514. The molecule has 0 rings (SSSR count). The lowest BCUT2D eigenvalue weighted by Gasteiger charge is -2.21. The smallest absolute Gasteiger partial charge is 0.161 e. The molecule has 0 spiro atoms. The molecule has 0 radical (unpaired) electrons. The second-order valence-corrected chi connectivity index (χ2v) is 4.08. The molecule has 0 bridgehead atoms. The van der Waals surface area contributed by atoms with Crippen molar-refractivity contribution in [2.24, 2.45) is 5.92 Å². The highest BCUT2D eigenvalue weighted by atomic mass is 32.1. The maximum atomic E-state index is 8.87. The van der Waals surface area contributed by atoms with Gasteiger partial charge in [-0.05, 0) is 33.0 Å². The highest BCUT2D eigenvalue weighted by Gasteiger charge is 2.14. The van der Waals surface area contributed by atoms with Gasteiger partial charge in [0, 0.05) is 5.92 Å². The van der Waals surface area contributed by atoms with Crippen molar-refractivity contribution in [1.82, 2.24) is 0 Å². The van der Waals surface area contributed by atoms with Crippen LogP contribution in [0.1, 0.15) is 27.7 Å². The molecule has 0 saturated carbocycles. The van der Waals surface area contributed by atoms with Crippen molar-refractivity contribution in [3.05, 3.63) is 0 Å². The molecule has 0 aliphatic rings. The zero-order valence-electron chi connectivity index (χ0n) is 7.55. The molecular weight excluding hydrogens is 160 g/mol. The lowest BCUT2D eigenvalue weighted by molar-refractivity contribution is -0.0118. The van der Waals surface area contributed by atoms with Crippen LogP contribution in [0, 0.1) is 5.92 Å². The third-order valence-electron chi connectivity index (χ3n) is 1.19. The van der Waals surface area contributed by atoms with Crippen molar-refractivity contribution < 1.29 is 9.84 Å². The topological polar surface area (TPSA) is 29.5 Å². The van der Waals surface area contributed by atoms with Crippen molar-refractivity contribution in [1.29, 1.82) is 0 Å². The lowest BCUT2D eigenvalue weighted by Crippen LogP contribution is -2.25. The third kappa shape index (κ3) is 6.26. The average Bonchev–Trinajstić information content (AvgIpc) is 1.80. The van der Waals surface area contributed by atoms with Crippen LogP contribution in [0.4, 0.5) is 0 Å². The zero-order chi connectivity index (χ0) is 9.07. The Morgan fingerprint density at radius 1 is 1.55 bits per heavy atom. The zero-order valence-corrected chi connectivity index (χ0v) is 8.36. The van der Waals surface area contributed by atoms with Crippen molar-refractivity contribution in [3.8, 4) is 0 Å². The van der Waals surface area contributed by atoms with Crippen LogP contribution in [0.5, 0.6) is 0 Å². The van der Waals surface area contributed by atoms with Crippen LogP contribution in [0.25, 0.3) is 0 Å². The van der Waals surface area contributed by atoms with Gasteiger partial charge in [-0.1, -0.05) is 6.92 Å². The maximum Gasteiger partial charge on any atom is 0.161 e. The van der Waals surface area contributed by atoms with Gasteiger partial charge in [0.05, 0.1) is 12.2 Å². The van der Waals surface area contributed by atoms with Gasteiger partial charge >= 0.3 is 0 Å². The number of hydrogen-bond donors (Lipinski definition) is 1. The van der Waals surface area contributed by atoms with Gasteiger partial charge in [0.1, 0.15) is 0 Å². The molecule has 0 aliphatic carbocycles. The minimum Gasteiger partial charge on any atom is -0.502 e. The molecule has 0 aromatic carbocycles. The van der Waals surface area contributed by atoms with Gasteiger partial charge in [-0.3, -0.25) is 0 Å². The van der Waals surface area contributed by atoms with Gasteiger partial charge in [0.25, 0.3) is 0 Å². The van der Waals surface area contributed by atoms with Gasteiger partial charge < -0.3 is 9.84 Å². The van der Waals surface area contributed by atoms with Crippen molar-refractivity contribution in [2.45, 2.75) is 33.3 Å². The van der Waals surface area contributed by atoms with E-state index in [2.05, 4.69) is 12.2 Å². The standard InChI is InChI=1S/C8H16O2S/c1-6(7(9)11)5-10-8(2,3)4/h6H,5H2,1-4H3,(H,9,11). The Morgan fingerprint density at radius 2 is 2.00 bits per heavy atom. The molecule has 0 aromatic rings. The molecule has 2 nitrogen and oxygen atoms in total. The molecule has 0 aliphatic heterocycles. The van der Waals surface area contributed by atoms with Crippen molar-refractivity contribution in [2.75, 3.05) is 6.61 Å². The Balaban J connectivity index is 3.63. The largest absolute Gasteiger partial charge is 0.502 e. The summed E-state index contributed by atoms with van der Waals surface area (Å²) in [6, 6.07) is 0. The number of rotatable bonds is 3. The summed E-state index contributed by atoms with van der Waals surface area (Å²) in [7, 11) is 0. The highest BCUT2D eigenvalue weighted by molar-refractivity contribution is 7.80. The first-order valence-electron chi connectivity index (χ1n) is 3.69. The molecule has 0 fully saturated rings. The monoisotopic (exact) mass is 176 g/mol. The van der Waals surface area contributed by atoms with Crippen molar-refractivity contribution >= 4 is 17.3 Å². The minimum absolute atomic E-state index is 0.0225. The summed E-state index contributed by atoms with van der Waals surface area (Å²) in [5.41, 5.74) is -0.154. The maximum absolute atomic E-state index is 8.87. The first kappa shape index (κ1) is 10.8. The lowest BCUT2D eigenvalue weighted by atomic mass is 10.1. The van der Waals surface area contributed by atoms with Crippen LogP contribution in [-0.2, 0) is 4.74 Å². The van der Waals surface area contributed by atoms with Gasteiger partial charge in [-0.2, -0.15) is 0 Å². The van der Waals surface area contributed by atoms with Crippen LogP contribution >= 0.6 is 12.2 Å². The normalized spacial score (nSPS) is 14.5. The van der Waals surface area contributed by atoms with Crippen LogP contribution in [0.3, 0.4) is 0 Å². The summed E-state index contributed by atoms with van der Waals surface area (Å²) >= 11 is 4.58. The number of aliphatic hydroxyl groups is 1. The molecule has 3 heteroatoms. The van der Waals surface area contributed by atoms with Gasteiger partial charge in [-0.15, -0.1) is 0 Å². The molecule has 1 N–H and O–H groups in total. The molecule has 0 heterocycles. The molecule has 1 unspecified atom stereocenters. The van der Waals surface area contributed by atoms with E-state index in [0.717, 1.165) is 0 Å². The Bertz CT molecular complexity index is 138. The minimum atomic E-state index is -0.154. The third-order valence-corrected chi connectivity index (χ3v) is 1.59. The van der Waals surface area contributed by atoms with E-state index in [-0.39, 0.29) is 16.6 Å². The Hall–Kier alpha value is -0.150. The first-order valence-corrected chi connectivity index (χ1v) is 4.10. The Kier molecular flexibility index (Phi) is 3.97. The number of hydrogen-bond acceptors (Lipinski definition) is 2. The van der Waals surface area contributed by atoms with E-state index in [0.29, 0.717) is 6.61 Å². The second kappa shape index (κ2) is 4.02. The molecule has 0 saturated heterocycles. The summed E-state index contributed by atoms with van der Waals surface area (Å²) in [4.78, 5) is 0. The van der Waals surface area contributed by atoms with Gasteiger partial charge in [0.15, 0.2) is 5.05 Å². The van der Waals surface area contributed by atoms with Gasteiger partial charge in [-0.25, -0.2) is 0 Å². The molecule has 0 amide bonds. The van der Waals surface area contributed by atoms with Crippen LogP contribution in [0.15, 0.2) is 0 Å². The van der Waals surface area contributed by atoms with Crippen molar-refractivity contribution in [3.63, 3.8) is 0 Å². The quantitative estimate of drug-likeness (QED) is 0.669.